The van der Waals surface area contributed by atoms with Crippen molar-refractivity contribution in [3.63, 3.8) is 0 Å². The molecule has 21 heavy (non-hydrogen) atoms. The van der Waals surface area contributed by atoms with Gasteiger partial charge in [-0.05, 0) is 23.1 Å². The number of rotatable bonds is 1. The second kappa shape index (κ2) is 4.84. The number of benzene rings is 1. The largest absolute Gasteiger partial charge is 0.375 e. The topological polar surface area (TPSA) is 59.2 Å². The normalized spacial score (nSPS) is 14.3. The van der Waals surface area contributed by atoms with E-state index in [1.165, 1.54) is 16.9 Å². The number of fused-ring (bicyclic) bond motifs is 1. The Balaban J connectivity index is 1.76. The highest BCUT2D eigenvalue weighted by Gasteiger charge is 2.27. The lowest BCUT2D eigenvalue weighted by atomic mass is 9.86. The van der Waals surface area contributed by atoms with Crippen LogP contribution in [0.3, 0.4) is 0 Å². The number of anilines is 1. The van der Waals surface area contributed by atoms with Crippen molar-refractivity contribution in [1.82, 2.24) is 9.88 Å². The molecule has 4 nitrogen and oxygen atoms in total. The Bertz CT molecular complexity index is 659. The molecule has 0 bridgehead atoms. The third-order valence-corrected chi connectivity index (χ3v) is 4.67. The smallest absolute Gasteiger partial charge is 0.254 e. The first kappa shape index (κ1) is 14.1. The van der Waals surface area contributed by atoms with E-state index >= 15 is 0 Å². The van der Waals surface area contributed by atoms with Crippen LogP contribution >= 0.6 is 11.3 Å². The van der Waals surface area contributed by atoms with Crippen molar-refractivity contribution >= 4 is 22.4 Å². The molecule has 1 amide bonds. The molecule has 0 radical (unpaired) electrons. The molecule has 1 aliphatic heterocycles. The van der Waals surface area contributed by atoms with Crippen LogP contribution in [0.25, 0.3) is 0 Å². The molecule has 0 saturated carbocycles. The van der Waals surface area contributed by atoms with Crippen LogP contribution in [0, 0.1) is 0 Å². The molecule has 0 unspecified atom stereocenters. The van der Waals surface area contributed by atoms with Crippen LogP contribution in [0.1, 0.15) is 47.3 Å². The monoisotopic (exact) mass is 301 g/mol. The molecule has 110 valence electrons. The zero-order valence-electron chi connectivity index (χ0n) is 12.5. The van der Waals surface area contributed by atoms with Crippen molar-refractivity contribution in [2.75, 3.05) is 5.73 Å². The van der Waals surface area contributed by atoms with Gasteiger partial charge in [0.15, 0.2) is 5.13 Å². The van der Waals surface area contributed by atoms with Crippen LogP contribution < -0.4 is 5.73 Å². The fourth-order valence-corrected chi connectivity index (χ4v) is 3.36. The average molecular weight is 301 g/mol. The molecule has 2 aromatic rings. The Morgan fingerprint density at radius 1 is 1.24 bits per heavy atom. The molecule has 5 heteroatoms. The van der Waals surface area contributed by atoms with Crippen molar-refractivity contribution in [2.24, 2.45) is 0 Å². The molecule has 0 atom stereocenters. The van der Waals surface area contributed by atoms with Gasteiger partial charge < -0.3 is 10.6 Å². The molecule has 1 aromatic heterocycles. The second-order valence-electron chi connectivity index (χ2n) is 6.41. The van der Waals surface area contributed by atoms with Crippen LogP contribution in [0.2, 0.25) is 0 Å². The summed E-state index contributed by atoms with van der Waals surface area (Å²) in [5.41, 5.74) is 8.68. The van der Waals surface area contributed by atoms with Crippen LogP contribution in [-0.2, 0) is 18.5 Å². The van der Waals surface area contributed by atoms with Crippen molar-refractivity contribution in [1.29, 1.82) is 0 Å². The van der Waals surface area contributed by atoms with Gasteiger partial charge >= 0.3 is 0 Å². The minimum Gasteiger partial charge on any atom is -0.375 e. The maximum absolute atomic E-state index is 12.5. The average Bonchev–Trinajstić information content (AvgIpc) is 2.94. The number of nitrogens with zero attached hydrogens (tertiary/aromatic N) is 2. The van der Waals surface area contributed by atoms with Gasteiger partial charge in [-0.1, -0.05) is 32.9 Å². The lowest BCUT2D eigenvalue weighted by molar-refractivity contribution is 0.0751. The van der Waals surface area contributed by atoms with Crippen LogP contribution in [0.5, 0.6) is 0 Å². The van der Waals surface area contributed by atoms with Crippen LogP contribution in [-0.4, -0.2) is 15.8 Å². The van der Waals surface area contributed by atoms with E-state index in [1.54, 1.807) is 0 Å². The SMILES string of the molecule is CC(C)(C)c1ccc(C(=O)N2Cc3nc(N)sc3C2)cc1. The number of nitrogen functional groups attached to an aromatic ring is 1. The minimum absolute atomic E-state index is 0.0548. The zero-order chi connectivity index (χ0) is 15.2. The number of aromatic nitrogens is 1. The van der Waals surface area contributed by atoms with Gasteiger partial charge in [0.05, 0.1) is 23.7 Å². The number of nitrogens with two attached hydrogens (primary N) is 1. The number of hydrogen-bond acceptors (Lipinski definition) is 4. The standard InChI is InChI=1S/C16H19N3OS/c1-16(2,3)11-6-4-10(5-7-11)14(20)19-8-12-13(9-19)21-15(17)18-12/h4-7H,8-9H2,1-3H3,(H2,17,18). The predicted molar refractivity (Wildman–Crippen MR) is 85.2 cm³/mol. The first-order chi connectivity index (χ1) is 9.84. The summed E-state index contributed by atoms with van der Waals surface area (Å²) in [6.07, 6.45) is 0. The number of amides is 1. The first-order valence-electron chi connectivity index (χ1n) is 6.98. The van der Waals surface area contributed by atoms with Crippen molar-refractivity contribution in [2.45, 2.75) is 39.3 Å². The van der Waals surface area contributed by atoms with E-state index in [9.17, 15) is 4.79 Å². The van der Waals surface area contributed by atoms with E-state index in [0.717, 1.165) is 16.1 Å². The molecule has 0 aliphatic carbocycles. The first-order valence-corrected chi connectivity index (χ1v) is 7.80. The van der Waals surface area contributed by atoms with Gasteiger partial charge in [-0.2, -0.15) is 0 Å². The Morgan fingerprint density at radius 2 is 1.90 bits per heavy atom. The Morgan fingerprint density at radius 3 is 2.48 bits per heavy atom. The van der Waals surface area contributed by atoms with Crippen LogP contribution in [0.4, 0.5) is 5.13 Å². The summed E-state index contributed by atoms with van der Waals surface area (Å²) in [5, 5.41) is 0.585. The predicted octanol–water partition coefficient (Wildman–Crippen LogP) is 3.18. The van der Waals surface area contributed by atoms with E-state index in [2.05, 4.69) is 25.8 Å². The highest BCUT2D eigenvalue weighted by Crippen LogP contribution is 2.30. The van der Waals surface area contributed by atoms with Gasteiger partial charge in [-0.15, -0.1) is 11.3 Å². The number of carbonyl (C=O) groups excluding carboxylic acids is 1. The third-order valence-electron chi connectivity index (χ3n) is 3.75. The quantitative estimate of drug-likeness (QED) is 0.880. The molecule has 0 fully saturated rings. The molecule has 2 heterocycles. The maximum atomic E-state index is 12.5. The summed E-state index contributed by atoms with van der Waals surface area (Å²) >= 11 is 1.47. The van der Waals surface area contributed by atoms with Gasteiger partial charge in [0.2, 0.25) is 0 Å². The van der Waals surface area contributed by atoms with Crippen molar-refractivity contribution in [3.05, 3.63) is 46.0 Å². The summed E-state index contributed by atoms with van der Waals surface area (Å²) in [7, 11) is 0. The fraction of sp³-hybridized carbons (Fsp3) is 0.375. The Labute approximate surface area is 128 Å². The molecule has 1 aliphatic rings. The number of hydrogen-bond donors (Lipinski definition) is 1. The van der Waals surface area contributed by atoms with Crippen LogP contribution in [0.15, 0.2) is 24.3 Å². The van der Waals surface area contributed by atoms with Gasteiger partial charge in [-0.3, -0.25) is 4.79 Å². The Kier molecular flexibility index (Phi) is 3.24. The summed E-state index contributed by atoms with van der Waals surface area (Å²) in [6, 6.07) is 7.90. The summed E-state index contributed by atoms with van der Waals surface area (Å²) in [5.74, 6) is 0.0548. The lowest BCUT2D eigenvalue weighted by Gasteiger charge is -2.20. The highest BCUT2D eigenvalue weighted by atomic mass is 32.1. The summed E-state index contributed by atoms with van der Waals surface area (Å²) in [4.78, 5) is 19.7. The fourth-order valence-electron chi connectivity index (χ4n) is 2.50. The molecule has 3 rings (SSSR count). The van der Waals surface area contributed by atoms with E-state index in [-0.39, 0.29) is 11.3 Å². The van der Waals surface area contributed by atoms with E-state index in [4.69, 9.17) is 5.73 Å². The van der Waals surface area contributed by atoms with Gasteiger partial charge in [0.25, 0.3) is 5.91 Å². The zero-order valence-corrected chi connectivity index (χ0v) is 13.3. The summed E-state index contributed by atoms with van der Waals surface area (Å²) < 4.78 is 0. The molecule has 0 saturated heterocycles. The number of thiazole rings is 1. The molecular formula is C16H19N3OS. The van der Waals surface area contributed by atoms with Gasteiger partial charge in [0, 0.05) is 5.56 Å². The lowest BCUT2D eigenvalue weighted by Crippen LogP contribution is -2.25. The molecular weight excluding hydrogens is 282 g/mol. The Hall–Kier alpha value is -1.88. The van der Waals surface area contributed by atoms with Gasteiger partial charge in [0.1, 0.15) is 0 Å². The van der Waals surface area contributed by atoms with Crippen molar-refractivity contribution < 1.29 is 4.79 Å². The van der Waals surface area contributed by atoms with E-state index in [1.807, 2.05) is 29.2 Å². The van der Waals surface area contributed by atoms with E-state index < -0.39 is 0 Å². The second-order valence-corrected chi connectivity index (χ2v) is 7.53. The summed E-state index contributed by atoms with van der Waals surface area (Å²) in [6.45, 7) is 7.67. The number of carbonyl (C=O) groups is 1. The molecule has 2 N–H and O–H groups in total. The minimum atomic E-state index is 0.0548. The van der Waals surface area contributed by atoms with Gasteiger partial charge in [-0.25, -0.2) is 4.98 Å². The maximum Gasteiger partial charge on any atom is 0.254 e. The van der Waals surface area contributed by atoms with E-state index in [0.29, 0.717) is 18.2 Å². The highest BCUT2D eigenvalue weighted by molar-refractivity contribution is 7.15. The van der Waals surface area contributed by atoms with Crippen molar-refractivity contribution in [3.8, 4) is 0 Å². The molecule has 1 aromatic carbocycles. The molecule has 0 spiro atoms. The third kappa shape index (κ3) is 2.65.